The second-order valence-corrected chi connectivity index (χ2v) is 6.92. The zero-order valence-electron chi connectivity index (χ0n) is 14.8. The lowest BCUT2D eigenvalue weighted by Gasteiger charge is -2.33. The van der Waals surface area contributed by atoms with Crippen LogP contribution in [0.15, 0.2) is 42.5 Å². The van der Waals surface area contributed by atoms with Gasteiger partial charge in [-0.2, -0.15) is 0 Å². The van der Waals surface area contributed by atoms with Crippen molar-refractivity contribution < 1.29 is 24.1 Å². The number of ether oxygens (including phenoxy) is 1. The van der Waals surface area contributed by atoms with E-state index in [0.717, 1.165) is 16.7 Å². The summed E-state index contributed by atoms with van der Waals surface area (Å²) < 4.78 is 19.5. The second kappa shape index (κ2) is 7.15. The smallest absolute Gasteiger partial charge is 0.335 e. The molecule has 0 saturated carbocycles. The Morgan fingerprint density at radius 1 is 1.27 bits per heavy atom. The number of aliphatic hydroxyl groups is 1. The van der Waals surface area contributed by atoms with E-state index in [1.165, 1.54) is 18.2 Å². The van der Waals surface area contributed by atoms with Crippen LogP contribution in [0.3, 0.4) is 0 Å². The molecular weight excluding hydrogens is 337 g/mol. The Balaban J connectivity index is 2.06. The quantitative estimate of drug-likeness (QED) is 0.830. The van der Waals surface area contributed by atoms with Gasteiger partial charge < -0.3 is 19.8 Å². The summed E-state index contributed by atoms with van der Waals surface area (Å²) in [6.45, 7) is 0.692. The zero-order chi connectivity index (χ0) is 18.9. The molecule has 0 saturated heterocycles. The van der Waals surface area contributed by atoms with Gasteiger partial charge in [0.1, 0.15) is 11.4 Å². The van der Waals surface area contributed by atoms with Crippen LogP contribution in [-0.4, -0.2) is 47.8 Å². The van der Waals surface area contributed by atoms with E-state index in [1.54, 1.807) is 24.3 Å². The summed E-state index contributed by atoms with van der Waals surface area (Å²) >= 11 is 0. The predicted molar refractivity (Wildman–Crippen MR) is 94.5 cm³/mol. The van der Waals surface area contributed by atoms with Gasteiger partial charge in [0, 0.05) is 13.0 Å². The van der Waals surface area contributed by atoms with Gasteiger partial charge in [-0.05, 0) is 55.1 Å². The molecule has 0 amide bonds. The highest BCUT2D eigenvalue weighted by Crippen LogP contribution is 2.45. The lowest BCUT2D eigenvalue weighted by atomic mass is 9.81. The van der Waals surface area contributed by atoms with E-state index in [9.17, 15) is 19.4 Å². The van der Waals surface area contributed by atoms with Gasteiger partial charge in [-0.1, -0.05) is 18.2 Å². The number of carboxylic acids is 1. The Labute approximate surface area is 151 Å². The number of carboxylic acid groups (broad SMARTS) is 1. The topological polar surface area (TPSA) is 70.0 Å². The van der Waals surface area contributed by atoms with Crippen LogP contribution in [0.4, 0.5) is 4.39 Å². The summed E-state index contributed by atoms with van der Waals surface area (Å²) in [5.74, 6) is -1.35. The molecule has 2 aromatic carbocycles. The van der Waals surface area contributed by atoms with Gasteiger partial charge in [-0.25, -0.2) is 9.18 Å². The standard InChI is InChI=1S/C20H22FNO4/c1-22(2)11-17(23)10-20(15-4-6-16(21)7-5-15)18-8-3-13(19(24)25)9-14(18)12-26-20/h3-9,17,23H,10-12H2,1-2H3,(H,24,25). The highest BCUT2D eigenvalue weighted by Gasteiger charge is 2.43. The minimum Gasteiger partial charge on any atom is -0.478 e. The van der Waals surface area contributed by atoms with E-state index >= 15 is 0 Å². The van der Waals surface area contributed by atoms with E-state index < -0.39 is 17.7 Å². The number of rotatable bonds is 6. The Kier molecular flexibility index (Phi) is 5.09. The summed E-state index contributed by atoms with van der Waals surface area (Å²) in [6.07, 6.45) is -0.379. The number of hydrogen-bond acceptors (Lipinski definition) is 4. The number of likely N-dealkylation sites (N-methyl/N-ethyl adjacent to an activating group) is 1. The molecule has 0 fully saturated rings. The molecule has 2 N–H and O–H groups in total. The van der Waals surface area contributed by atoms with Crippen molar-refractivity contribution in [2.24, 2.45) is 0 Å². The lowest BCUT2D eigenvalue weighted by Crippen LogP contribution is -2.36. The van der Waals surface area contributed by atoms with Gasteiger partial charge in [0.2, 0.25) is 0 Å². The van der Waals surface area contributed by atoms with Crippen LogP contribution in [0.1, 0.15) is 33.5 Å². The average Bonchev–Trinajstić information content (AvgIpc) is 2.93. The molecule has 0 bridgehead atoms. The number of aromatic carboxylic acids is 1. The van der Waals surface area contributed by atoms with Crippen LogP contribution in [0.2, 0.25) is 0 Å². The summed E-state index contributed by atoms with van der Waals surface area (Å²) in [7, 11) is 3.74. The van der Waals surface area contributed by atoms with Crippen molar-refractivity contribution >= 4 is 5.97 Å². The number of halogens is 1. The van der Waals surface area contributed by atoms with Crippen molar-refractivity contribution in [1.29, 1.82) is 0 Å². The molecule has 2 aromatic rings. The number of nitrogens with zero attached hydrogens (tertiary/aromatic N) is 1. The molecule has 0 aliphatic carbocycles. The molecule has 1 heterocycles. The summed E-state index contributed by atoms with van der Waals surface area (Å²) in [5, 5.41) is 19.7. The van der Waals surface area contributed by atoms with Crippen LogP contribution < -0.4 is 0 Å². The minimum atomic E-state index is -1.00. The first-order chi connectivity index (χ1) is 12.3. The van der Waals surface area contributed by atoms with Gasteiger partial charge in [0.05, 0.1) is 18.3 Å². The van der Waals surface area contributed by atoms with E-state index in [0.29, 0.717) is 6.54 Å². The van der Waals surface area contributed by atoms with Crippen molar-refractivity contribution in [2.45, 2.75) is 24.7 Å². The fourth-order valence-corrected chi connectivity index (χ4v) is 3.58. The van der Waals surface area contributed by atoms with Gasteiger partial charge >= 0.3 is 5.97 Å². The van der Waals surface area contributed by atoms with E-state index in [4.69, 9.17) is 4.74 Å². The summed E-state index contributed by atoms with van der Waals surface area (Å²) in [5.41, 5.74) is 1.57. The Morgan fingerprint density at radius 2 is 1.96 bits per heavy atom. The van der Waals surface area contributed by atoms with Gasteiger partial charge in [-0.15, -0.1) is 0 Å². The van der Waals surface area contributed by atoms with Crippen molar-refractivity contribution in [3.05, 3.63) is 70.5 Å². The van der Waals surface area contributed by atoms with Crippen LogP contribution in [0, 0.1) is 5.82 Å². The van der Waals surface area contributed by atoms with E-state index in [-0.39, 0.29) is 24.4 Å². The first kappa shape index (κ1) is 18.5. The normalized spacial score (nSPS) is 20.2. The molecule has 2 atom stereocenters. The molecule has 6 heteroatoms. The molecular formula is C20H22FNO4. The Bertz CT molecular complexity index is 806. The van der Waals surface area contributed by atoms with Crippen molar-refractivity contribution in [3.63, 3.8) is 0 Å². The molecule has 2 unspecified atom stereocenters. The molecule has 0 spiro atoms. The fraction of sp³-hybridized carbons (Fsp3) is 0.350. The highest BCUT2D eigenvalue weighted by atomic mass is 19.1. The molecule has 0 aromatic heterocycles. The van der Waals surface area contributed by atoms with Gasteiger partial charge in [0.25, 0.3) is 0 Å². The third-order valence-corrected chi connectivity index (χ3v) is 4.67. The van der Waals surface area contributed by atoms with Crippen LogP contribution in [-0.2, 0) is 16.9 Å². The van der Waals surface area contributed by atoms with Crippen LogP contribution in [0.5, 0.6) is 0 Å². The summed E-state index contributed by atoms with van der Waals surface area (Å²) in [6, 6.07) is 10.9. The van der Waals surface area contributed by atoms with Crippen molar-refractivity contribution in [1.82, 2.24) is 4.90 Å². The molecule has 1 aliphatic rings. The number of fused-ring (bicyclic) bond motifs is 1. The molecule has 3 rings (SSSR count). The largest absolute Gasteiger partial charge is 0.478 e. The maximum absolute atomic E-state index is 13.4. The summed E-state index contributed by atoms with van der Waals surface area (Å²) in [4.78, 5) is 13.1. The van der Waals surface area contributed by atoms with Gasteiger partial charge in [-0.3, -0.25) is 0 Å². The third kappa shape index (κ3) is 3.49. The van der Waals surface area contributed by atoms with E-state index in [1.807, 2.05) is 19.0 Å². The maximum atomic E-state index is 13.4. The molecule has 26 heavy (non-hydrogen) atoms. The first-order valence-corrected chi connectivity index (χ1v) is 8.41. The molecule has 0 radical (unpaired) electrons. The first-order valence-electron chi connectivity index (χ1n) is 8.41. The average molecular weight is 359 g/mol. The van der Waals surface area contributed by atoms with E-state index in [2.05, 4.69) is 0 Å². The number of carbonyl (C=O) groups is 1. The predicted octanol–water partition coefficient (Wildman–Crippen LogP) is 2.61. The zero-order valence-corrected chi connectivity index (χ0v) is 14.8. The molecule has 138 valence electrons. The van der Waals surface area contributed by atoms with Crippen LogP contribution in [0.25, 0.3) is 0 Å². The molecule has 1 aliphatic heterocycles. The SMILES string of the molecule is CN(C)CC(O)CC1(c2ccc(F)cc2)OCc2cc(C(=O)O)ccc21. The molecule has 5 nitrogen and oxygen atoms in total. The highest BCUT2D eigenvalue weighted by molar-refractivity contribution is 5.88. The Hall–Kier alpha value is -2.28. The lowest BCUT2D eigenvalue weighted by molar-refractivity contribution is -0.0434. The second-order valence-electron chi connectivity index (χ2n) is 6.92. The van der Waals surface area contributed by atoms with Crippen molar-refractivity contribution in [2.75, 3.05) is 20.6 Å². The fourth-order valence-electron chi connectivity index (χ4n) is 3.58. The third-order valence-electron chi connectivity index (χ3n) is 4.67. The van der Waals surface area contributed by atoms with Crippen LogP contribution >= 0.6 is 0 Å². The monoisotopic (exact) mass is 359 g/mol. The minimum absolute atomic E-state index is 0.191. The maximum Gasteiger partial charge on any atom is 0.335 e. The number of benzene rings is 2. The Morgan fingerprint density at radius 3 is 2.58 bits per heavy atom. The van der Waals surface area contributed by atoms with Crippen molar-refractivity contribution in [3.8, 4) is 0 Å². The number of hydrogen-bond donors (Lipinski definition) is 2. The number of aliphatic hydroxyl groups excluding tert-OH is 1. The van der Waals surface area contributed by atoms with Gasteiger partial charge in [0.15, 0.2) is 0 Å².